The fourth-order valence-electron chi connectivity index (χ4n) is 3.76. The number of benzene rings is 1. The average molecular weight is 430 g/mol. The number of hydrogen-bond donors (Lipinski definition) is 2. The molecule has 10 heteroatoms. The van der Waals surface area contributed by atoms with Crippen molar-refractivity contribution >= 4 is 17.0 Å². The van der Waals surface area contributed by atoms with Crippen LogP contribution in [0.25, 0.3) is 11.0 Å². The molecule has 0 radical (unpaired) electrons. The lowest BCUT2D eigenvalue weighted by Crippen LogP contribution is -2.58. The van der Waals surface area contributed by atoms with E-state index < -0.39 is 17.8 Å². The molecular weight excluding hydrogens is 409 g/mol. The zero-order chi connectivity index (χ0) is 22.0. The molecule has 162 valence electrons. The predicted octanol–water partition coefficient (Wildman–Crippen LogP) is 2.29. The number of rotatable bonds is 6. The zero-order valence-corrected chi connectivity index (χ0v) is 16.6. The normalized spacial score (nSPS) is 18.3. The number of anilines is 1. The molecule has 1 saturated heterocycles. The number of pyridine rings is 1. The number of nitrogens with zero attached hydrogens (tertiary/aromatic N) is 5. The van der Waals surface area contributed by atoms with Gasteiger partial charge >= 0.3 is 0 Å². The van der Waals surface area contributed by atoms with E-state index >= 15 is 0 Å². The number of nitrogens with one attached hydrogen (secondary N) is 1. The number of alkyl halides is 2. The van der Waals surface area contributed by atoms with Crippen molar-refractivity contribution in [2.75, 3.05) is 31.1 Å². The Morgan fingerprint density at radius 1 is 1.29 bits per heavy atom. The van der Waals surface area contributed by atoms with Crippen LogP contribution in [0.15, 0.2) is 36.5 Å². The average Bonchev–Trinajstić information content (AvgIpc) is 3.11. The Labute approximate surface area is 176 Å². The molecular formula is C21H21F3N6O. The van der Waals surface area contributed by atoms with Gasteiger partial charge in [-0.05, 0) is 30.3 Å². The molecule has 0 saturated carbocycles. The van der Waals surface area contributed by atoms with Crippen LogP contribution in [0.5, 0.6) is 0 Å². The van der Waals surface area contributed by atoms with E-state index in [1.807, 2.05) is 6.07 Å². The Hall–Kier alpha value is -3.16. The number of aliphatic hydroxyl groups is 1. The molecule has 0 amide bonds. The van der Waals surface area contributed by atoms with Gasteiger partial charge in [0, 0.05) is 32.3 Å². The van der Waals surface area contributed by atoms with E-state index in [1.54, 1.807) is 27.7 Å². The van der Waals surface area contributed by atoms with Gasteiger partial charge in [0.05, 0.1) is 41.5 Å². The molecule has 4 rings (SSSR count). The van der Waals surface area contributed by atoms with Crippen molar-refractivity contribution < 1.29 is 18.3 Å². The summed E-state index contributed by atoms with van der Waals surface area (Å²) in [4.78, 5) is 10.6. The van der Waals surface area contributed by atoms with Crippen LogP contribution in [0, 0.1) is 17.1 Å². The van der Waals surface area contributed by atoms with Gasteiger partial charge in [0.25, 0.3) is 5.92 Å². The highest BCUT2D eigenvalue weighted by molar-refractivity contribution is 5.79. The molecule has 31 heavy (non-hydrogen) atoms. The Kier molecular flexibility index (Phi) is 5.80. The fourth-order valence-corrected chi connectivity index (χ4v) is 3.76. The number of fused-ring (bicyclic) bond motifs is 1. The largest absolute Gasteiger partial charge is 0.395 e. The van der Waals surface area contributed by atoms with Crippen molar-refractivity contribution in [2.45, 2.75) is 24.9 Å². The molecule has 0 bridgehead atoms. The maximum atomic E-state index is 14.4. The predicted molar refractivity (Wildman–Crippen MR) is 108 cm³/mol. The number of imidazole rings is 1. The van der Waals surface area contributed by atoms with Gasteiger partial charge in [-0.15, -0.1) is 0 Å². The van der Waals surface area contributed by atoms with E-state index in [0.29, 0.717) is 28.2 Å². The van der Waals surface area contributed by atoms with Crippen LogP contribution in [-0.4, -0.2) is 57.8 Å². The maximum Gasteiger partial charge on any atom is 0.266 e. The topological polar surface area (TPSA) is 90.0 Å². The lowest BCUT2D eigenvalue weighted by atomic mass is 10.0. The highest BCUT2D eigenvalue weighted by Crippen LogP contribution is 2.32. The number of halogens is 3. The molecule has 2 aromatic heterocycles. The second kappa shape index (κ2) is 8.53. The lowest BCUT2D eigenvalue weighted by molar-refractivity contribution is -0.0520. The summed E-state index contributed by atoms with van der Waals surface area (Å²) in [5, 5.41) is 20.7. The van der Waals surface area contributed by atoms with E-state index in [1.165, 1.54) is 18.3 Å². The third-order valence-corrected chi connectivity index (χ3v) is 5.38. The third kappa shape index (κ3) is 4.33. The lowest BCUT2D eigenvalue weighted by Gasteiger charge is -2.39. The first-order valence-electron chi connectivity index (χ1n) is 9.89. The Balaban J connectivity index is 1.71. The number of piperidine rings is 1. The zero-order valence-electron chi connectivity index (χ0n) is 16.6. The number of hydrogen-bond acceptors (Lipinski definition) is 6. The van der Waals surface area contributed by atoms with Gasteiger partial charge in [0.15, 0.2) is 0 Å². The minimum Gasteiger partial charge on any atom is -0.395 e. The van der Waals surface area contributed by atoms with Crippen LogP contribution in [-0.2, 0) is 6.54 Å². The van der Waals surface area contributed by atoms with Crippen LogP contribution in [0.4, 0.5) is 19.1 Å². The molecule has 1 atom stereocenters. The van der Waals surface area contributed by atoms with Crippen LogP contribution in [0.1, 0.15) is 17.7 Å². The summed E-state index contributed by atoms with van der Waals surface area (Å²) in [6.45, 7) is 0.124. The molecule has 1 aliphatic heterocycles. The Morgan fingerprint density at radius 3 is 2.84 bits per heavy atom. The molecule has 0 unspecified atom stereocenters. The van der Waals surface area contributed by atoms with Crippen molar-refractivity contribution in [2.24, 2.45) is 0 Å². The van der Waals surface area contributed by atoms with Gasteiger partial charge in [-0.1, -0.05) is 0 Å². The van der Waals surface area contributed by atoms with Gasteiger partial charge in [-0.25, -0.2) is 18.2 Å². The summed E-state index contributed by atoms with van der Waals surface area (Å²) in [5.74, 6) is -2.90. The van der Waals surface area contributed by atoms with Crippen molar-refractivity contribution in [3.05, 3.63) is 53.6 Å². The standard InChI is InChI=1S/C21H21F3N6O/c22-15-2-4-17-18(9-15)30(12-16-3-1-14(10-25)11-27-16)20(28-17)29-7-5-21(23,24)19(13-29)26-6-8-31/h1-4,9,11,19,26,31H,5-8,12-13H2/t19-/m1/s1. The van der Waals surface area contributed by atoms with Crippen LogP contribution >= 0.6 is 0 Å². The summed E-state index contributed by atoms with van der Waals surface area (Å²) < 4.78 is 44.5. The SMILES string of the molecule is N#Cc1ccc(Cn2c(N3CCC(F)(F)[C@H](NCCO)C3)nc3ccc(F)cc32)nc1. The second-order valence-corrected chi connectivity index (χ2v) is 7.47. The molecule has 3 aromatic rings. The Morgan fingerprint density at radius 2 is 2.13 bits per heavy atom. The van der Waals surface area contributed by atoms with Gasteiger partial charge < -0.3 is 19.9 Å². The highest BCUT2D eigenvalue weighted by Gasteiger charge is 2.44. The molecule has 7 nitrogen and oxygen atoms in total. The molecule has 1 aliphatic rings. The summed E-state index contributed by atoms with van der Waals surface area (Å²) >= 11 is 0. The first-order chi connectivity index (χ1) is 14.9. The molecule has 3 heterocycles. The second-order valence-electron chi connectivity index (χ2n) is 7.47. The summed E-state index contributed by atoms with van der Waals surface area (Å²) in [5.41, 5.74) is 2.11. The molecule has 0 aliphatic carbocycles. The summed E-state index contributed by atoms with van der Waals surface area (Å²) in [6, 6.07) is 8.41. The van der Waals surface area contributed by atoms with Crippen molar-refractivity contribution in [3.8, 4) is 6.07 Å². The van der Waals surface area contributed by atoms with E-state index in [4.69, 9.17) is 10.4 Å². The van der Waals surface area contributed by atoms with Crippen LogP contribution in [0.2, 0.25) is 0 Å². The summed E-state index contributed by atoms with van der Waals surface area (Å²) in [7, 11) is 0. The third-order valence-electron chi connectivity index (χ3n) is 5.38. The van der Waals surface area contributed by atoms with Crippen molar-refractivity contribution in [1.29, 1.82) is 5.26 Å². The van der Waals surface area contributed by atoms with E-state index in [0.717, 1.165) is 0 Å². The molecule has 1 aromatic carbocycles. The van der Waals surface area contributed by atoms with E-state index in [2.05, 4.69) is 15.3 Å². The Bertz CT molecular complexity index is 1110. The molecule has 0 spiro atoms. The van der Waals surface area contributed by atoms with Crippen LogP contribution < -0.4 is 10.2 Å². The fraction of sp³-hybridized carbons (Fsp3) is 0.381. The number of nitriles is 1. The molecule has 2 N–H and O–H groups in total. The monoisotopic (exact) mass is 430 g/mol. The van der Waals surface area contributed by atoms with Gasteiger partial charge in [-0.3, -0.25) is 4.98 Å². The van der Waals surface area contributed by atoms with Gasteiger partial charge in [0.2, 0.25) is 5.95 Å². The highest BCUT2D eigenvalue weighted by atomic mass is 19.3. The van der Waals surface area contributed by atoms with Crippen molar-refractivity contribution in [1.82, 2.24) is 19.9 Å². The first-order valence-corrected chi connectivity index (χ1v) is 9.89. The van der Waals surface area contributed by atoms with Gasteiger partial charge in [-0.2, -0.15) is 5.26 Å². The summed E-state index contributed by atoms with van der Waals surface area (Å²) in [6.07, 6.45) is 1.08. The maximum absolute atomic E-state index is 14.4. The van der Waals surface area contributed by atoms with Crippen LogP contribution in [0.3, 0.4) is 0 Å². The van der Waals surface area contributed by atoms with E-state index in [9.17, 15) is 13.2 Å². The number of aromatic nitrogens is 3. The quantitative estimate of drug-likeness (QED) is 0.624. The van der Waals surface area contributed by atoms with E-state index in [-0.39, 0.29) is 39.2 Å². The van der Waals surface area contributed by atoms with Gasteiger partial charge in [0.1, 0.15) is 11.9 Å². The molecule has 1 fully saturated rings. The minimum absolute atomic E-state index is 0.0143. The first kappa shape index (κ1) is 21.1. The smallest absolute Gasteiger partial charge is 0.266 e. The minimum atomic E-state index is -2.91. The number of aliphatic hydroxyl groups excluding tert-OH is 1. The van der Waals surface area contributed by atoms with Crippen molar-refractivity contribution in [3.63, 3.8) is 0 Å².